The van der Waals surface area contributed by atoms with Crippen molar-refractivity contribution >= 4 is 17.3 Å². The molecule has 0 bridgehead atoms. The Hall–Kier alpha value is -2.27. The minimum absolute atomic E-state index is 0.0802. The number of benzene rings is 1. The second-order valence-corrected chi connectivity index (χ2v) is 6.07. The van der Waals surface area contributed by atoms with Crippen LogP contribution in [0.5, 0.6) is 0 Å². The fraction of sp³-hybridized carbons (Fsp3) is 0.650. The Morgan fingerprint density at radius 2 is 1.60 bits per heavy atom. The summed E-state index contributed by atoms with van der Waals surface area (Å²) in [4.78, 5) is 20.6. The van der Waals surface area contributed by atoms with Crippen molar-refractivity contribution in [3.05, 3.63) is 33.9 Å². The zero-order chi connectivity index (χ0) is 22.6. The van der Waals surface area contributed by atoms with Crippen LogP contribution in [-0.4, -0.2) is 77.8 Å². The predicted molar refractivity (Wildman–Crippen MR) is 115 cm³/mol. The zero-order valence-corrected chi connectivity index (χ0v) is 18.4. The van der Waals surface area contributed by atoms with Gasteiger partial charge in [0.05, 0.1) is 51.7 Å². The molecule has 0 amide bonds. The van der Waals surface area contributed by atoms with E-state index in [9.17, 15) is 14.9 Å². The van der Waals surface area contributed by atoms with E-state index >= 15 is 0 Å². The molecule has 0 radical (unpaired) electrons. The van der Waals surface area contributed by atoms with E-state index in [2.05, 4.69) is 15.4 Å². The van der Waals surface area contributed by atoms with Crippen molar-refractivity contribution in [3.63, 3.8) is 0 Å². The van der Waals surface area contributed by atoms with E-state index in [-0.39, 0.29) is 16.6 Å². The van der Waals surface area contributed by atoms with Crippen LogP contribution < -0.4 is 10.6 Å². The maximum atomic E-state index is 11.0. The SMILES string of the molecule is CCC(=O)OC.CNCCOCCOCCOCCNc1ccc(C)cc1[N+](=O)[O-]. The van der Waals surface area contributed by atoms with Gasteiger partial charge in [-0.2, -0.15) is 0 Å². The molecule has 0 saturated carbocycles. The number of nitrogens with one attached hydrogen (secondary N) is 2. The molecule has 0 aliphatic rings. The first kappa shape index (κ1) is 27.7. The van der Waals surface area contributed by atoms with Crippen LogP contribution in [-0.2, 0) is 23.7 Å². The van der Waals surface area contributed by atoms with E-state index < -0.39 is 0 Å². The molecule has 0 fully saturated rings. The molecule has 10 nitrogen and oxygen atoms in total. The minimum atomic E-state index is -0.386. The van der Waals surface area contributed by atoms with Gasteiger partial charge in [0.1, 0.15) is 5.69 Å². The predicted octanol–water partition coefficient (Wildman–Crippen LogP) is 2.15. The molecule has 0 heterocycles. The summed E-state index contributed by atoms with van der Waals surface area (Å²) in [7, 11) is 3.26. The highest BCUT2D eigenvalue weighted by Crippen LogP contribution is 2.24. The van der Waals surface area contributed by atoms with Crippen LogP contribution in [0.2, 0.25) is 0 Å². The van der Waals surface area contributed by atoms with Crippen molar-refractivity contribution in [2.75, 3.05) is 72.2 Å². The van der Waals surface area contributed by atoms with Gasteiger partial charge in [-0.05, 0) is 25.6 Å². The fourth-order valence-corrected chi connectivity index (χ4v) is 2.06. The summed E-state index contributed by atoms with van der Waals surface area (Å²) in [6.07, 6.45) is 0.469. The van der Waals surface area contributed by atoms with Gasteiger partial charge in [0, 0.05) is 25.6 Å². The van der Waals surface area contributed by atoms with E-state index in [1.807, 2.05) is 20.0 Å². The van der Waals surface area contributed by atoms with E-state index in [1.165, 1.54) is 7.11 Å². The Bertz CT molecular complexity index is 594. The summed E-state index contributed by atoms with van der Waals surface area (Å²) >= 11 is 0. The highest BCUT2D eigenvalue weighted by atomic mass is 16.6. The minimum Gasteiger partial charge on any atom is -0.469 e. The van der Waals surface area contributed by atoms with Crippen LogP contribution >= 0.6 is 0 Å². The Labute approximate surface area is 178 Å². The summed E-state index contributed by atoms with van der Waals surface area (Å²) in [5.74, 6) is -0.157. The lowest BCUT2D eigenvalue weighted by molar-refractivity contribution is -0.384. The van der Waals surface area contributed by atoms with Gasteiger partial charge < -0.3 is 29.6 Å². The van der Waals surface area contributed by atoms with Gasteiger partial charge in [-0.1, -0.05) is 13.0 Å². The quantitative estimate of drug-likeness (QED) is 0.187. The van der Waals surface area contributed by atoms with Crippen LogP contribution in [0.15, 0.2) is 18.2 Å². The number of hydrogen-bond acceptors (Lipinski definition) is 9. The molecule has 1 rings (SSSR count). The molecule has 0 aromatic heterocycles. The highest BCUT2D eigenvalue weighted by molar-refractivity contribution is 5.68. The van der Waals surface area contributed by atoms with E-state index in [0.29, 0.717) is 58.3 Å². The van der Waals surface area contributed by atoms with Gasteiger partial charge >= 0.3 is 5.97 Å². The van der Waals surface area contributed by atoms with E-state index in [1.54, 1.807) is 19.1 Å². The monoisotopic (exact) mass is 429 g/mol. The fourth-order valence-electron chi connectivity index (χ4n) is 2.06. The van der Waals surface area contributed by atoms with Gasteiger partial charge in [-0.25, -0.2) is 0 Å². The molecule has 0 spiro atoms. The smallest absolute Gasteiger partial charge is 0.305 e. The molecule has 0 saturated heterocycles. The van der Waals surface area contributed by atoms with Crippen molar-refractivity contribution in [3.8, 4) is 0 Å². The number of rotatable bonds is 15. The molecule has 1 aromatic carbocycles. The second-order valence-electron chi connectivity index (χ2n) is 6.07. The first-order chi connectivity index (χ1) is 14.5. The number of nitrogens with zero attached hydrogens (tertiary/aromatic N) is 1. The number of carbonyl (C=O) groups is 1. The van der Waals surface area contributed by atoms with Crippen molar-refractivity contribution in [1.29, 1.82) is 0 Å². The largest absolute Gasteiger partial charge is 0.469 e. The summed E-state index contributed by atoms with van der Waals surface area (Å²) in [6.45, 7) is 8.12. The average molecular weight is 430 g/mol. The Balaban J connectivity index is 0.00000122. The number of likely N-dealkylation sites (N-methyl/N-ethyl adjacent to an activating group) is 1. The standard InChI is InChI=1S/C16H27N3O5.C4H8O2/c1-14-3-4-15(16(13-14)19(20)21)18-6-8-23-10-12-24-11-9-22-7-5-17-2;1-3-4(5)6-2/h3-4,13,17-18H,5-12H2,1-2H3;3H2,1-2H3. The lowest BCUT2D eigenvalue weighted by Gasteiger charge is -2.09. The molecule has 2 N–H and O–H groups in total. The van der Waals surface area contributed by atoms with Crippen LogP contribution in [0.4, 0.5) is 11.4 Å². The van der Waals surface area contributed by atoms with Gasteiger partial charge in [0.25, 0.3) is 5.69 Å². The summed E-state index contributed by atoms with van der Waals surface area (Å²) in [5, 5.41) is 17.0. The van der Waals surface area contributed by atoms with Crippen molar-refractivity contribution < 1.29 is 28.7 Å². The third kappa shape index (κ3) is 14.7. The van der Waals surface area contributed by atoms with Crippen molar-refractivity contribution in [1.82, 2.24) is 5.32 Å². The second kappa shape index (κ2) is 18.7. The highest BCUT2D eigenvalue weighted by Gasteiger charge is 2.12. The molecule has 0 unspecified atom stereocenters. The summed E-state index contributed by atoms with van der Waals surface area (Å²) in [5.41, 5.74) is 1.44. The molecule has 30 heavy (non-hydrogen) atoms. The van der Waals surface area contributed by atoms with Gasteiger partial charge in [-0.15, -0.1) is 0 Å². The number of hydrogen-bond donors (Lipinski definition) is 2. The van der Waals surface area contributed by atoms with Crippen LogP contribution in [0.3, 0.4) is 0 Å². The topological polar surface area (TPSA) is 121 Å². The number of esters is 1. The number of nitro benzene ring substituents is 1. The van der Waals surface area contributed by atoms with E-state index in [0.717, 1.165) is 12.1 Å². The molecule has 10 heteroatoms. The van der Waals surface area contributed by atoms with E-state index in [4.69, 9.17) is 14.2 Å². The lowest BCUT2D eigenvalue weighted by atomic mass is 10.2. The molecule has 0 aliphatic carbocycles. The Morgan fingerprint density at radius 3 is 2.07 bits per heavy atom. The maximum Gasteiger partial charge on any atom is 0.305 e. The molecular formula is C20H35N3O7. The molecule has 0 aliphatic heterocycles. The average Bonchev–Trinajstić information content (AvgIpc) is 2.75. The first-order valence-electron chi connectivity index (χ1n) is 9.89. The summed E-state index contributed by atoms with van der Waals surface area (Å²) < 4.78 is 20.4. The lowest BCUT2D eigenvalue weighted by Crippen LogP contribution is -2.17. The molecule has 1 aromatic rings. The van der Waals surface area contributed by atoms with Crippen molar-refractivity contribution in [2.45, 2.75) is 20.3 Å². The first-order valence-corrected chi connectivity index (χ1v) is 9.89. The Kier molecular flexibility index (Phi) is 17.3. The van der Waals surface area contributed by atoms with Crippen molar-refractivity contribution in [2.24, 2.45) is 0 Å². The number of nitro groups is 1. The number of methoxy groups -OCH3 is 1. The van der Waals surface area contributed by atoms with Gasteiger partial charge in [0.15, 0.2) is 0 Å². The van der Waals surface area contributed by atoms with Gasteiger partial charge in [0.2, 0.25) is 0 Å². The molecule has 172 valence electrons. The molecule has 0 atom stereocenters. The number of anilines is 1. The zero-order valence-electron chi connectivity index (χ0n) is 18.4. The molecular weight excluding hydrogens is 394 g/mol. The summed E-state index contributed by atoms with van der Waals surface area (Å²) in [6, 6.07) is 5.10. The normalized spacial score (nSPS) is 10.1. The van der Waals surface area contributed by atoms with Crippen LogP contribution in [0.25, 0.3) is 0 Å². The van der Waals surface area contributed by atoms with Crippen LogP contribution in [0, 0.1) is 17.0 Å². The Morgan fingerprint density at radius 1 is 1.03 bits per heavy atom. The third-order valence-electron chi connectivity index (χ3n) is 3.67. The number of carbonyl (C=O) groups excluding carboxylic acids is 1. The number of aryl methyl sites for hydroxylation is 1. The van der Waals surface area contributed by atoms with Crippen LogP contribution in [0.1, 0.15) is 18.9 Å². The number of ether oxygens (including phenoxy) is 4. The van der Waals surface area contributed by atoms with Gasteiger partial charge in [-0.3, -0.25) is 14.9 Å². The third-order valence-corrected chi connectivity index (χ3v) is 3.67. The maximum absolute atomic E-state index is 11.0.